The predicted molar refractivity (Wildman–Crippen MR) is 101 cm³/mol. The number of nitrogens with zero attached hydrogens (tertiary/aromatic N) is 4. The van der Waals surface area contributed by atoms with Crippen molar-refractivity contribution in [2.75, 3.05) is 22.9 Å². The molecule has 130 valence electrons. The van der Waals surface area contributed by atoms with Crippen LogP contribution in [0.25, 0.3) is 0 Å². The van der Waals surface area contributed by atoms with Crippen LogP contribution in [0.4, 0.5) is 23.0 Å². The molecule has 1 aromatic carbocycles. The SMILES string of the molecule is CCc1ccc(Nc2ncnc(NCCCn3ccnc3)c2N)cc1. The monoisotopic (exact) mass is 337 g/mol. The summed E-state index contributed by atoms with van der Waals surface area (Å²) in [7, 11) is 0. The first-order chi connectivity index (χ1) is 12.3. The third-order valence-electron chi connectivity index (χ3n) is 3.95. The minimum absolute atomic E-state index is 0.518. The molecule has 0 aliphatic heterocycles. The summed E-state index contributed by atoms with van der Waals surface area (Å²) in [5, 5.41) is 6.52. The zero-order valence-corrected chi connectivity index (χ0v) is 14.3. The van der Waals surface area contributed by atoms with Gasteiger partial charge >= 0.3 is 0 Å². The van der Waals surface area contributed by atoms with E-state index < -0.39 is 0 Å². The molecule has 0 radical (unpaired) electrons. The van der Waals surface area contributed by atoms with Crippen molar-refractivity contribution in [1.29, 1.82) is 0 Å². The molecule has 0 unspecified atom stereocenters. The molecule has 3 aromatic rings. The molecule has 25 heavy (non-hydrogen) atoms. The van der Waals surface area contributed by atoms with Gasteiger partial charge in [-0.3, -0.25) is 0 Å². The molecule has 0 saturated carbocycles. The number of hydrogen-bond acceptors (Lipinski definition) is 6. The summed E-state index contributed by atoms with van der Waals surface area (Å²) in [6.07, 6.45) is 9.01. The van der Waals surface area contributed by atoms with Gasteiger partial charge in [0.15, 0.2) is 11.6 Å². The van der Waals surface area contributed by atoms with Gasteiger partial charge in [-0.05, 0) is 30.5 Å². The highest BCUT2D eigenvalue weighted by Crippen LogP contribution is 2.25. The molecule has 0 atom stereocenters. The van der Waals surface area contributed by atoms with Crippen LogP contribution in [-0.2, 0) is 13.0 Å². The highest BCUT2D eigenvalue weighted by Gasteiger charge is 2.08. The van der Waals surface area contributed by atoms with E-state index in [1.807, 2.05) is 29.2 Å². The lowest BCUT2D eigenvalue weighted by Gasteiger charge is -2.13. The Balaban J connectivity index is 1.58. The van der Waals surface area contributed by atoms with Gasteiger partial charge < -0.3 is 20.9 Å². The van der Waals surface area contributed by atoms with Crippen molar-refractivity contribution in [2.24, 2.45) is 0 Å². The van der Waals surface area contributed by atoms with E-state index in [0.717, 1.165) is 31.6 Å². The van der Waals surface area contributed by atoms with Crippen LogP contribution < -0.4 is 16.4 Å². The first-order valence-corrected chi connectivity index (χ1v) is 8.42. The first-order valence-electron chi connectivity index (χ1n) is 8.42. The fraction of sp³-hybridized carbons (Fsp3) is 0.278. The Labute approximate surface area is 147 Å². The lowest BCUT2D eigenvalue weighted by Crippen LogP contribution is -2.10. The number of imidazole rings is 1. The number of aryl methyl sites for hydroxylation is 2. The van der Waals surface area contributed by atoms with E-state index in [0.29, 0.717) is 17.3 Å². The number of aromatic nitrogens is 4. The van der Waals surface area contributed by atoms with Crippen LogP contribution in [-0.4, -0.2) is 26.1 Å². The lowest BCUT2D eigenvalue weighted by atomic mass is 10.1. The number of nitrogens with two attached hydrogens (primary N) is 1. The van der Waals surface area contributed by atoms with Crippen LogP contribution in [0.1, 0.15) is 18.9 Å². The van der Waals surface area contributed by atoms with Gasteiger partial charge in [-0.25, -0.2) is 15.0 Å². The molecule has 0 aliphatic rings. The van der Waals surface area contributed by atoms with Gasteiger partial charge in [-0.2, -0.15) is 0 Å². The van der Waals surface area contributed by atoms with E-state index in [4.69, 9.17) is 5.73 Å². The molecule has 7 nitrogen and oxygen atoms in total. The molecule has 0 fully saturated rings. The predicted octanol–water partition coefficient (Wildman–Crippen LogP) is 3.06. The molecule has 4 N–H and O–H groups in total. The second-order valence-corrected chi connectivity index (χ2v) is 5.74. The maximum absolute atomic E-state index is 6.20. The Hall–Kier alpha value is -3.09. The number of hydrogen-bond donors (Lipinski definition) is 3. The van der Waals surface area contributed by atoms with Gasteiger partial charge in [-0.15, -0.1) is 0 Å². The Morgan fingerprint density at radius 1 is 1.12 bits per heavy atom. The summed E-state index contributed by atoms with van der Waals surface area (Å²) in [5.74, 6) is 1.25. The summed E-state index contributed by atoms with van der Waals surface area (Å²) in [6.45, 7) is 3.80. The lowest BCUT2D eigenvalue weighted by molar-refractivity contribution is 0.660. The Kier molecular flexibility index (Phi) is 5.46. The number of nitrogen functional groups attached to an aromatic ring is 1. The van der Waals surface area contributed by atoms with Gasteiger partial charge in [-0.1, -0.05) is 19.1 Å². The second-order valence-electron chi connectivity index (χ2n) is 5.74. The fourth-order valence-corrected chi connectivity index (χ4v) is 2.48. The molecule has 7 heteroatoms. The molecule has 2 aromatic heterocycles. The Morgan fingerprint density at radius 2 is 1.92 bits per heavy atom. The van der Waals surface area contributed by atoms with E-state index in [1.165, 1.54) is 11.9 Å². The fourth-order valence-electron chi connectivity index (χ4n) is 2.48. The molecule has 0 bridgehead atoms. The van der Waals surface area contributed by atoms with E-state index in [-0.39, 0.29) is 0 Å². The second kappa shape index (κ2) is 8.14. The van der Waals surface area contributed by atoms with Crippen LogP contribution in [0.2, 0.25) is 0 Å². The van der Waals surface area contributed by atoms with Crippen LogP contribution in [0.15, 0.2) is 49.3 Å². The van der Waals surface area contributed by atoms with Crippen molar-refractivity contribution in [3.8, 4) is 0 Å². The third-order valence-corrected chi connectivity index (χ3v) is 3.95. The van der Waals surface area contributed by atoms with Gasteiger partial charge in [0.2, 0.25) is 0 Å². The van der Waals surface area contributed by atoms with E-state index >= 15 is 0 Å². The van der Waals surface area contributed by atoms with Crippen molar-refractivity contribution < 1.29 is 0 Å². The van der Waals surface area contributed by atoms with Gasteiger partial charge in [0.05, 0.1) is 6.33 Å². The minimum atomic E-state index is 0.518. The van der Waals surface area contributed by atoms with Crippen LogP contribution in [0, 0.1) is 0 Å². The average Bonchev–Trinajstić information content (AvgIpc) is 3.16. The van der Waals surface area contributed by atoms with Crippen LogP contribution >= 0.6 is 0 Å². The Bertz CT molecular complexity index is 782. The highest BCUT2D eigenvalue weighted by molar-refractivity contribution is 5.77. The standard InChI is InChI=1S/C18H23N7/c1-2-14-4-6-15(7-5-14)24-18-16(19)17(22-12-23-18)21-8-3-10-25-11-9-20-13-25/h4-7,9,11-13H,2-3,8,10,19H2,1H3,(H2,21,22,23,24). The molecule has 0 saturated heterocycles. The van der Waals surface area contributed by atoms with Gasteiger partial charge in [0.1, 0.15) is 12.0 Å². The summed E-state index contributed by atoms with van der Waals surface area (Å²) in [5.41, 5.74) is 8.96. The minimum Gasteiger partial charge on any atom is -0.393 e. The van der Waals surface area contributed by atoms with Crippen molar-refractivity contribution in [3.05, 3.63) is 54.9 Å². The van der Waals surface area contributed by atoms with Crippen molar-refractivity contribution in [1.82, 2.24) is 19.5 Å². The normalized spacial score (nSPS) is 10.6. The number of anilines is 4. The molecule has 0 aliphatic carbocycles. The third kappa shape index (κ3) is 4.47. The quantitative estimate of drug-likeness (QED) is 0.547. The van der Waals surface area contributed by atoms with E-state index in [1.54, 1.807) is 6.20 Å². The maximum atomic E-state index is 6.20. The first kappa shape index (κ1) is 16.8. The van der Waals surface area contributed by atoms with E-state index in [2.05, 4.69) is 44.6 Å². The smallest absolute Gasteiger partial charge is 0.159 e. The molecule has 0 spiro atoms. The topological polar surface area (TPSA) is 93.7 Å². The van der Waals surface area contributed by atoms with Crippen molar-refractivity contribution in [2.45, 2.75) is 26.3 Å². The highest BCUT2D eigenvalue weighted by atomic mass is 15.1. The summed E-state index contributed by atoms with van der Waals surface area (Å²) in [6, 6.07) is 8.24. The van der Waals surface area contributed by atoms with E-state index in [9.17, 15) is 0 Å². The number of rotatable bonds is 8. The van der Waals surface area contributed by atoms with Gasteiger partial charge in [0, 0.05) is 31.2 Å². The Morgan fingerprint density at radius 3 is 2.64 bits per heavy atom. The zero-order valence-electron chi connectivity index (χ0n) is 14.3. The molecular weight excluding hydrogens is 314 g/mol. The van der Waals surface area contributed by atoms with Crippen molar-refractivity contribution >= 4 is 23.0 Å². The molecule has 3 rings (SSSR count). The number of benzene rings is 1. The largest absolute Gasteiger partial charge is 0.393 e. The summed E-state index contributed by atoms with van der Waals surface area (Å²) >= 11 is 0. The maximum Gasteiger partial charge on any atom is 0.159 e. The van der Waals surface area contributed by atoms with Crippen LogP contribution in [0.3, 0.4) is 0 Å². The molecular formula is C18H23N7. The van der Waals surface area contributed by atoms with Crippen LogP contribution in [0.5, 0.6) is 0 Å². The van der Waals surface area contributed by atoms with Gasteiger partial charge in [0.25, 0.3) is 0 Å². The zero-order chi connectivity index (χ0) is 17.5. The van der Waals surface area contributed by atoms with Crippen molar-refractivity contribution in [3.63, 3.8) is 0 Å². The molecule has 0 amide bonds. The summed E-state index contributed by atoms with van der Waals surface area (Å²) < 4.78 is 2.04. The molecule has 2 heterocycles. The summed E-state index contributed by atoms with van der Waals surface area (Å²) in [4.78, 5) is 12.5. The number of nitrogens with one attached hydrogen (secondary N) is 2. The average molecular weight is 337 g/mol.